The number of Topliss-reactive ketones (excluding diaryl/α,β-unsaturated/α-hetero) is 1. The maximum absolute atomic E-state index is 13.8. The van der Waals surface area contributed by atoms with Gasteiger partial charge in [-0.05, 0) is 32.6 Å². The van der Waals surface area contributed by atoms with Gasteiger partial charge in [-0.15, -0.1) is 12.1 Å². The number of aliphatic hydroxyl groups excluding tert-OH is 1. The first-order valence-electron chi connectivity index (χ1n) is 12.2. The molecule has 0 aromatic rings. The highest BCUT2D eigenvalue weighted by Crippen LogP contribution is 2.69. The second-order valence-corrected chi connectivity index (χ2v) is 11.8. The molecule has 2 aliphatic carbocycles. The molecule has 12 nitrogen and oxygen atoms in total. The minimum Gasteiger partial charge on any atom is -0.414 e. The summed E-state index contributed by atoms with van der Waals surface area (Å²) in [7, 11) is 0. The summed E-state index contributed by atoms with van der Waals surface area (Å²) in [6, 6.07) is 0. The number of hydroxylamine groups is 1. The molecule has 2 amide bonds. The van der Waals surface area contributed by atoms with Crippen molar-refractivity contribution in [1.82, 2.24) is 10.8 Å². The first-order chi connectivity index (χ1) is 16.8. The Morgan fingerprint density at radius 1 is 1.16 bits per heavy atom. The minimum atomic E-state index is -2.49. The molecule has 1 heterocycles. The maximum Gasteiger partial charge on any atom is 0.443 e. The van der Waals surface area contributed by atoms with Crippen molar-refractivity contribution in [2.75, 3.05) is 6.54 Å². The van der Waals surface area contributed by atoms with E-state index in [9.17, 15) is 34.5 Å². The zero-order valence-corrected chi connectivity index (χ0v) is 22.2. The smallest absolute Gasteiger partial charge is 0.414 e. The summed E-state index contributed by atoms with van der Waals surface area (Å²) < 4.78 is 11.6. The monoisotopic (exact) mass is 526 g/mol. The summed E-state index contributed by atoms with van der Waals surface area (Å²) in [6.07, 6.45) is -1.38. The van der Waals surface area contributed by atoms with Crippen LogP contribution >= 0.6 is 0 Å². The predicted molar refractivity (Wildman–Crippen MR) is 127 cm³/mol. The predicted octanol–water partition coefficient (Wildman–Crippen LogP) is 0.627. The first kappa shape index (κ1) is 29.0. The van der Waals surface area contributed by atoms with Gasteiger partial charge in [-0.25, -0.2) is 9.59 Å². The van der Waals surface area contributed by atoms with Crippen molar-refractivity contribution in [1.29, 1.82) is 0 Å². The van der Waals surface area contributed by atoms with Crippen molar-refractivity contribution < 1.29 is 48.8 Å². The molecule has 0 spiro atoms. The summed E-state index contributed by atoms with van der Waals surface area (Å²) >= 11 is 0. The largest absolute Gasteiger partial charge is 0.443 e. The fraction of sp³-hybridized carbons (Fsp3) is 0.760. The SMILES string of the molecule is C=C[C@@]1(C)CC(=O)[C@]2(O)[C@]3(C)[C@@H]([C@H](O)C[C@@]2(C)O1)C(C)(C)CC[C@@]3(O)OC(=O)NOC(=O)CNC(C)=O. The van der Waals surface area contributed by atoms with Crippen molar-refractivity contribution in [3.05, 3.63) is 12.7 Å². The lowest BCUT2D eigenvalue weighted by Gasteiger charge is -2.71. The fourth-order valence-electron chi connectivity index (χ4n) is 7.03. The van der Waals surface area contributed by atoms with E-state index in [0.717, 1.165) is 0 Å². The quantitative estimate of drug-likeness (QED) is 0.198. The molecule has 3 aliphatic rings. The summed E-state index contributed by atoms with van der Waals surface area (Å²) in [5.74, 6) is -5.54. The highest BCUT2D eigenvalue weighted by molar-refractivity contribution is 5.92. The van der Waals surface area contributed by atoms with Crippen LogP contribution in [0.25, 0.3) is 0 Å². The third-order valence-electron chi connectivity index (χ3n) is 8.68. The van der Waals surface area contributed by atoms with Gasteiger partial charge in [0.2, 0.25) is 11.7 Å². The van der Waals surface area contributed by atoms with E-state index in [-0.39, 0.29) is 25.7 Å². The molecule has 12 heteroatoms. The van der Waals surface area contributed by atoms with Crippen molar-refractivity contribution in [3.8, 4) is 0 Å². The van der Waals surface area contributed by atoms with Crippen LogP contribution in [0.5, 0.6) is 0 Å². The van der Waals surface area contributed by atoms with E-state index in [1.165, 1.54) is 26.8 Å². The molecule has 5 N–H and O–H groups in total. The molecule has 3 rings (SSSR count). The average molecular weight is 527 g/mol. The highest BCUT2D eigenvalue weighted by Gasteiger charge is 2.82. The van der Waals surface area contributed by atoms with E-state index in [0.29, 0.717) is 0 Å². The number of ketones is 1. The summed E-state index contributed by atoms with van der Waals surface area (Å²) in [6.45, 7) is 12.6. The maximum atomic E-state index is 13.8. The molecule has 0 unspecified atom stereocenters. The molecular formula is C25H38N2O10. The second kappa shape index (κ2) is 9.04. The average Bonchev–Trinajstić information content (AvgIpc) is 2.76. The van der Waals surface area contributed by atoms with Crippen LogP contribution in [0.15, 0.2) is 12.7 Å². The Morgan fingerprint density at radius 2 is 1.78 bits per heavy atom. The van der Waals surface area contributed by atoms with Crippen molar-refractivity contribution in [2.24, 2.45) is 16.7 Å². The molecule has 0 aromatic carbocycles. The number of hydrogen-bond acceptors (Lipinski definition) is 10. The molecule has 0 bridgehead atoms. The third-order valence-corrected chi connectivity index (χ3v) is 8.68. The first-order valence-corrected chi connectivity index (χ1v) is 12.2. The normalized spacial score (nSPS) is 42.5. The van der Waals surface area contributed by atoms with E-state index in [1.54, 1.807) is 12.4 Å². The molecule has 37 heavy (non-hydrogen) atoms. The molecule has 0 radical (unpaired) electrons. The number of carbonyl (C=O) groups excluding carboxylic acids is 4. The van der Waals surface area contributed by atoms with Gasteiger partial charge in [0.05, 0.1) is 17.1 Å². The Kier molecular flexibility index (Phi) is 7.09. The zero-order chi connectivity index (χ0) is 28.2. The molecule has 3 fully saturated rings. The number of hydrogen-bond donors (Lipinski definition) is 5. The Labute approximate surface area is 215 Å². The number of carbonyl (C=O) groups is 4. The topological polar surface area (TPSA) is 181 Å². The van der Waals surface area contributed by atoms with Gasteiger partial charge in [-0.3, -0.25) is 9.59 Å². The van der Waals surface area contributed by atoms with Crippen molar-refractivity contribution in [2.45, 2.75) is 95.9 Å². The van der Waals surface area contributed by atoms with E-state index >= 15 is 0 Å². The summed E-state index contributed by atoms with van der Waals surface area (Å²) in [5.41, 5.74) is -6.09. The minimum absolute atomic E-state index is 0.120. The van der Waals surface area contributed by atoms with Crippen LogP contribution in [0.4, 0.5) is 4.79 Å². The van der Waals surface area contributed by atoms with Crippen LogP contribution in [0, 0.1) is 16.7 Å². The van der Waals surface area contributed by atoms with Gasteiger partial charge in [0.1, 0.15) is 12.1 Å². The van der Waals surface area contributed by atoms with Gasteiger partial charge < -0.3 is 34.9 Å². The standard InChI is InChI=1S/C25H38N2O10/c1-8-21(5)12-16(30)25(34)22(6,37-21)11-15(29)18-20(3,4)9-10-24(33,23(18,25)7)35-19(32)27-36-17(31)13-26-14(2)28/h8,15,18,29,33-34H,1,9-13H2,2-7H3,(H,26,28)(H,27,32)/t15-,18+,21+,22-,23-,24-,25-/m1/s1. The molecule has 208 valence electrons. The van der Waals surface area contributed by atoms with E-state index in [4.69, 9.17) is 9.47 Å². The van der Waals surface area contributed by atoms with Gasteiger partial charge >= 0.3 is 12.1 Å². The van der Waals surface area contributed by atoms with Crippen LogP contribution in [-0.2, 0) is 28.7 Å². The number of rotatable bonds is 4. The summed E-state index contributed by atoms with van der Waals surface area (Å²) in [5, 5.41) is 37.9. The van der Waals surface area contributed by atoms with Crippen LogP contribution in [0.2, 0.25) is 0 Å². The molecule has 2 saturated carbocycles. The number of fused-ring (bicyclic) bond motifs is 3. The molecule has 1 aliphatic heterocycles. The zero-order valence-electron chi connectivity index (χ0n) is 22.2. The number of amides is 2. The van der Waals surface area contributed by atoms with Crippen LogP contribution in [-0.4, -0.2) is 74.3 Å². The summed E-state index contributed by atoms with van der Waals surface area (Å²) in [4.78, 5) is 53.7. The highest BCUT2D eigenvalue weighted by atomic mass is 16.7. The van der Waals surface area contributed by atoms with Crippen LogP contribution < -0.4 is 10.8 Å². The molecular weight excluding hydrogens is 488 g/mol. The fourth-order valence-corrected chi connectivity index (χ4v) is 7.03. The Balaban J connectivity index is 2.02. The third kappa shape index (κ3) is 4.33. The number of ether oxygens (including phenoxy) is 2. The lowest BCUT2D eigenvalue weighted by atomic mass is 9.39. The van der Waals surface area contributed by atoms with E-state index in [2.05, 4.69) is 16.7 Å². The lowest BCUT2D eigenvalue weighted by molar-refractivity contribution is -0.398. The van der Waals surface area contributed by atoms with Crippen molar-refractivity contribution >= 4 is 23.8 Å². The molecule has 0 aromatic heterocycles. The Morgan fingerprint density at radius 3 is 2.35 bits per heavy atom. The molecule has 7 atom stereocenters. The van der Waals surface area contributed by atoms with Crippen LogP contribution in [0.3, 0.4) is 0 Å². The Hall–Kier alpha value is -2.54. The Bertz CT molecular complexity index is 1020. The van der Waals surface area contributed by atoms with Gasteiger partial charge in [-0.1, -0.05) is 19.9 Å². The van der Waals surface area contributed by atoms with E-state index in [1.807, 2.05) is 13.8 Å². The van der Waals surface area contributed by atoms with Gasteiger partial charge in [-0.2, -0.15) is 0 Å². The lowest BCUT2D eigenvalue weighted by Crippen LogP contribution is -2.85. The second-order valence-electron chi connectivity index (χ2n) is 11.8. The molecule has 1 saturated heterocycles. The number of aliphatic hydroxyl groups is 3. The van der Waals surface area contributed by atoms with Crippen molar-refractivity contribution in [3.63, 3.8) is 0 Å². The van der Waals surface area contributed by atoms with Crippen LogP contribution in [0.1, 0.15) is 67.2 Å². The van der Waals surface area contributed by atoms with Gasteiger partial charge in [0, 0.05) is 32.1 Å². The van der Waals surface area contributed by atoms with Gasteiger partial charge in [0.15, 0.2) is 11.4 Å². The van der Waals surface area contributed by atoms with Gasteiger partial charge in [0.25, 0.3) is 0 Å². The van der Waals surface area contributed by atoms with E-state index < -0.39 is 75.7 Å². The number of nitrogens with one attached hydrogen (secondary N) is 2.